The fraction of sp³-hybridized carbons (Fsp3) is 0.357. The Morgan fingerprint density at radius 1 is 1.19 bits per heavy atom. The van der Waals surface area contributed by atoms with Crippen molar-refractivity contribution in [2.75, 3.05) is 11.9 Å². The smallest absolute Gasteiger partial charge is 0.384 e. The van der Waals surface area contributed by atoms with Gasteiger partial charge in [0.15, 0.2) is 0 Å². The van der Waals surface area contributed by atoms with E-state index in [9.17, 15) is 22.0 Å². The highest BCUT2D eigenvalue weighted by Gasteiger charge is 2.36. The number of hydrogen-bond acceptors (Lipinski definition) is 2. The quantitative estimate of drug-likeness (QED) is 0.834. The van der Waals surface area contributed by atoms with Gasteiger partial charge in [-0.25, -0.2) is 13.8 Å². The number of halogens is 5. The predicted molar refractivity (Wildman–Crippen MR) is 70.2 cm³/mol. The van der Waals surface area contributed by atoms with Crippen LogP contribution in [0.4, 0.5) is 27.6 Å². The molecule has 0 amide bonds. The summed E-state index contributed by atoms with van der Waals surface area (Å²) in [5.74, 6) is -1.90. The Balaban J connectivity index is 2.83. The first kappa shape index (κ1) is 15.5. The largest absolute Gasteiger partial charge is 0.433 e. The van der Waals surface area contributed by atoms with E-state index in [1.165, 1.54) is 6.92 Å². The minimum atomic E-state index is -4.69. The number of benzene rings is 1. The van der Waals surface area contributed by atoms with E-state index in [-0.39, 0.29) is 22.2 Å². The Morgan fingerprint density at radius 2 is 1.86 bits per heavy atom. The molecule has 114 valence electrons. The van der Waals surface area contributed by atoms with Crippen molar-refractivity contribution in [2.24, 2.45) is 0 Å². The summed E-state index contributed by atoms with van der Waals surface area (Å²) in [5, 5.41) is 2.65. The number of aromatic nitrogens is 1. The molecule has 0 spiro atoms. The topological polar surface area (TPSA) is 24.9 Å². The van der Waals surface area contributed by atoms with E-state index in [1.54, 1.807) is 0 Å². The third-order valence-electron chi connectivity index (χ3n) is 3.07. The molecule has 1 N–H and O–H groups in total. The second-order valence-electron chi connectivity index (χ2n) is 4.67. The number of rotatable bonds is 3. The van der Waals surface area contributed by atoms with Gasteiger partial charge in [0, 0.05) is 24.2 Å². The van der Waals surface area contributed by atoms with Crippen molar-refractivity contribution < 1.29 is 22.0 Å². The predicted octanol–water partition coefficient (Wildman–Crippen LogP) is 4.66. The summed E-state index contributed by atoms with van der Waals surface area (Å²) in [6.45, 7) is 3.41. The van der Waals surface area contributed by atoms with E-state index in [2.05, 4.69) is 10.3 Å². The highest BCUT2D eigenvalue weighted by atomic mass is 19.4. The summed E-state index contributed by atoms with van der Waals surface area (Å²) in [5.41, 5.74) is -1.69. The van der Waals surface area contributed by atoms with Crippen LogP contribution in [0.2, 0.25) is 0 Å². The number of fused-ring (bicyclic) bond motifs is 1. The van der Waals surface area contributed by atoms with Crippen molar-refractivity contribution in [1.82, 2.24) is 4.98 Å². The average molecular weight is 304 g/mol. The van der Waals surface area contributed by atoms with E-state index in [4.69, 9.17) is 0 Å². The molecule has 1 aromatic heterocycles. The molecule has 0 saturated carbocycles. The molecule has 0 atom stereocenters. The molecule has 21 heavy (non-hydrogen) atoms. The normalized spacial score (nSPS) is 12.0. The molecule has 0 aliphatic rings. The minimum absolute atomic E-state index is 0.00618. The number of alkyl halides is 3. The van der Waals surface area contributed by atoms with Gasteiger partial charge in [-0.05, 0) is 13.3 Å². The lowest BCUT2D eigenvalue weighted by Crippen LogP contribution is -2.14. The van der Waals surface area contributed by atoms with E-state index in [0.29, 0.717) is 19.0 Å². The SMILES string of the molecule is CCCNc1c(C)c(C(F)(F)F)nc2cc(F)cc(F)c12. The summed E-state index contributed by atoms with van der Waals surface area (Å²) in [7, 11) is 0. The molecular weight excluding hydrogens is 291 g/mol. The third kappa shape index (κ3) is 2.91. The molecule has 0 unspecified atom stereocenters. The maximum absolute atomic E-state index is 13.9. The zero-order valence-electron chi connectivity index (χ0n) is 11.4. The van der Waals surface area contributed by atoms with Crippen molar-refractivity contribution in [3.8, 4) is 0 Å². The van der Waals surface area contributed by atoms with Gasteiger partial charge in [0.1, 0.15) is 17.3 Å². The van der Waals surface area contributed by atoms with Crippen molar-refractivity contribution in [3.63, 3.8) is 0 Å². The molecule has 1 heterocycles. The van der Waals surface area contributed by atoms with E-state index >= 15 is 0 Å². The van der Waals surface area contributed by atoms with Gasteiger partial charge in [0.2, 0.25) is 0 Å². The second-order valence-corrected chi connectivity index (χ2v) is 4.67. The van der Waals surface area contributed by atoms with Crippen molar-refractivity contribution in [2.45, 2.75) is 26.4 Å². The monoisotopic (exact) mass is 304 g/mol. The molecule has 7 heteroatoms. The number of nitrogens with zero attached hydrogens (tertiary/aromatic N) is 1. The van der Waals surface area contributed by atoms with Crippen molar-refractivity contribution >= 4 is 16.6 Å². The summed E-state index contributed by atoms with van der Waals surface area (Å²) in [6.07, 6.45) is -4.04. The molecule has 1 aromatic carbocycles. The van der Waals surface area contributed by atoms with Crippen LogP contribution in [0.1, 0.15) is 24.6 Å². The number of nitrogens with one attached hydrogen (secondary N) is 1. The molecular formula is C14H13F5N2. The third-order valence-corrected chi connectivity index (χ3v) is 3.07. The van der Waals surface area contributed by atoms with Gasteiger partial charge in [0.25, 0.3) is 0 Å². The van der Waals surface area contributed by atoms with Crippen molar-refractivity contribution in [3.05, 3.63) is 35.0 Å². The molecule has 0 radical (unpaired) electrons. The minimum Gasteiger partial charge on any atom is -0.384 e. The van der Waals surface area contributed by atoms with Crippen LogP contribution in [0.25, 0.3) is 10.9 Å². The van der Waals surface area contributed by atoms with E-state index < -0.39 is 23.5 Å². The fourth-order valence-corrected chi connectivity index (χ4v) is 2.15. The lowest BCUT2D eigenvalue weighted by atomic mass is 10.1. The summed E-state index contributed by atoms with van der Waals surface area (Å²) in [6, 6.07) is 1.43. The van der Waals surface area contributed by atoms with Crippen LogP contribution < -0.4 is 5.32 Å². The lowest BCUT2D eigenvalue weighted by molar-refractivity contribution is -0.141. The Bertz CT molecular complexity index is 679. The van der Waals surface area contributed by atoms with Gasteiger partial charge < -0.3 is 5.32 Å². The van der Waals surface area contributed by atoms with Crippen LogP contribution in [0.3, 0.4) is 0 Å². The first-order valence-corrected chi connectivity index (χ1v) is 6.36. The zero-order chi connectivity index (χ0) is 15.8. The van der Waals surface area contributed by atoms with Gasteiger partial charge >= 0.3 is 6.18 Å². The number of pyridine rings is 1. The summed E-state index contributed by atoms with van der Waals surface area (Å²) < 4.78 is 66.2. The van der Waals surface area contributed by atoms with E-state index in [1.807, 2.05) is 6.92 Å². The first-order valence-electron chi connectivity index (χ1n) is 6.36. The van der Waals surface area contributed by atoms with Gasteiger partial charge in [0.05, 0.1) is 16.6 Å². The second kappa shape index (κ2) is 5.46. The molecule has 2 nitrogen and oxygen atoms in total. The van der Waals surface area contributed by atoms with Crippen LogP contribution in [-0.2, 0) is 6.18 Å². The molecule has 2 aromatic rings. The Kier molecular flexibility index (Phi) is 4.02. The molecule has 0 bridgehead atoms. The molecule has 0 aliphatic heterocycles. The van der Waals surface area contributed by atoms with E-state index in [0.717, 1.165) is 6.07 Å². The van der Waals surface area contributed by atoms with Gasteiger partial charge in [-0.3, -0.25) is 0 Å². The van der Waals surface area contributed by atoms with Crippen LogP contribution >= 0.6 is 0 Å². The maximum Gasteiger partial charge on any atom is 0.433 e. The van der Waals surface area contributed by atoms with Gasteiger partial charge in [-0.15, -0.1) is 0 Å². The molecule has 0 fully saturated rings. The molecule has 0 aliphatic carbocycles. The average Bonchev–Trinajstić information content (AvgIpc) is 2.36. The highest BCUT2D eigenvalue weighted by Crippen LogP contribution is 2.38. The Morgan fingerprint density at radius 3 is 2.43 bits per heavy atom. The number of anilines is 1. The molecule has 0 saturated heterocycles. The van der Waals surface area contributed by atoms with Crippen LogP contribution in [0.15, 0.2) is 12.1 Å². The Labute approximate surface area is 118 Å². The van der Waals surface area contributed by atoms with Crippen LogP contribution in [0.5, 0.6) is 0 Å². The van der Waals surface area contributed by atoms with Crippen LogP contribution in [0, 0.1) is 18.6 Å². The van der Waals surface area contributed by atoms with Crippen molar-refractivity contribution in [1.29, 1.82) is 0 Å². The fourth-order valence-electron chi connectivity index (χ4n) is 2.15. The first-order chi connectivity index (χ1) is 9.75. The Hall–Kier alpha value is -1.92. The van der Waals surface area contributed by atoms with Gasteiger partial charge in [-0.1, -0.05) is 6.92 Å². The lowest BCUT2D eigenvalue weighted by Gasteiger charge is -2.17. The highest BCUT2D eigenvalue weighted by molar-refractivity contribution is 5.94. The molecule has 2 rings (SSSR count). The van der Waals surface area contributed by atoms with Crippen LogP contribution in [-0.4, -0.2) is 11.5 Å². The van der Waals surface area contributed by atoms with Gasteiger partial charge in [-0.2, -0.15) is 13.2 Å². The standard InChI is InChI=1S/C14H13F5N2/c1-3-4-20-12-7(2)13(14(17,18)19)21-10-6-8(15)5-9(16)11(10)12/h5-6H,3-4H2,1-2H3,(H,20,21). The number of hydrogen-bond donors (Lipinski definition) is 1. The maximum atomic E-state index is 13.9. The zero-order valence-corrected chi connectivity index (χ0v) is 11.4. The summed E-state index contributed by atoms with van der Waals surface area (Å²) in [4.78, 5) is 3.39. The summed E-state index contributed by atoms with van der Waals surface area (Å²) >= 11 is 0.